The van der Waals surface area contributed by atoms with Crippen LogP contribution >= 0.6 is 11.3 Å². The van der Waals surface area contributed by atoms with Crippen LogP contribution < -0.4 is 15.4 Å². The zero-order valence-corrected chi connectivity index (χ0v) is 18.6. The number of esters is 1. The maximum Gasteiger partial charge on any atom is 0.343 e. The first kappa shape index (κ1) is 21.1. The van der Waals surface area contributed by atoms with Gasteiger partial charge in [-0.2, -0.15) is 0 Å². The number of anilines is 1. The van der Waals surface area contributed by atoms with E-state index in [-0.39, 0.29) is 17.2 Å². The van der Waals surface area contributed by atoms with Crippen LogP contribution in [0.2, 0.25) is 0 Å². The second kappa shape index (κ2) is 8.32. The van der Waals surface area contributed by atoms with Crippen molar-refractivity contribution in [2.24, 2.45) is 5.92 Å². The number of ether oxygens (including phenoxy) is 1. The average Bonchev–Trinajstić information content (AvgIpc) is 3.17. The summed E-state index contributed by atoms with van der Waals surface area (Å²) in [4.78, 5) is 36.9. The number of amides is 1. The Morgan fingerprint density at radius 1 is 1.18 bits per heavy atom. The predicted octanol–water partition coefficient (Wildman–Crippen LogP) is 4.85. The maximum absolute atomic E-state index is 12.9. The largest absolute Gasteiger partial charge is 0.423 e. The number of nitro benzene ring substituents is 1. The number of benzene rings is 2. The van der Waals surface area contributed by atoms with Crippen LogP contribution in [-0.4, -0.2) is 16.8 Å². The molecule has 168 valence electrons. The molecular weight excluding hydrogens is 442 g/mol. The second-order valence-electron chi connectivity index (χ2n) is 8.37. The van der Waals surface area contributed by atoms with Gasteiger partial charge in [0.2, 0.25) is 0 Å². The quantitative estimate of drug-likeness (QED) is 0.248. The number of rotatable bonds is 4. The summed E-state index contributed by atoms with van der Waals surface area (Å²) in [7, 11) is 0. The lowest BCUT2D eigenvalue weighted by molar-refractivity contribution is -0.384. The van der Waals surface area contributed by atoms with Crippen LogP contribution in [0.25, 0.3) is 0 Å². The van der Waals surface area contributed by atoms with Crippen molar-refractivity contribution in [3.63, 3.8) is 0 Å². The van der Waals surface area contributed by atoms with Crippen LogP contribution in [0.15, 0.2) is 48.5 Å². The summed E-state index contributed by atoms with van der Waals surface area (Å²) in [5.41, 5.74) is 2.79. The topological polar surface area (TPSA) is 111 Å². The molecule has 1 aromatic heterocycles. The molecule has 2 N–H and O–H groups in total. The third-order valence-electron chi connectivity index (χ3n) is 6.01. The van der Waals surface area contributed by atoms with Gasteiger partial charge in [0.15, 0.2) is 0 Å². The smallest absolute Gasteiger partial charge is 0.343 e. The molecule has 9 heteroatoms. The highest BCUT2D eigenvalue weighted by atomic mass is 32.1. The van der Waals surface area contributed by atoms with Gasteiger partial charge in [-0.3, -0.25) is 14.9 Å². The Labute approximate surface area is 193 Å². The normalized spacial score (nSPS) is 19.0. The minimum atomic E-state index is -0.620. The Morgan fingerprint density at radius 3 is 2.73 bits per heavy atom. The van der Waals surface area contributed by atoms with Crippen LogP contribution in [0, 0.1) is 16.0 Å². The van der Waals surface area contributed by atoms with Gasteiger partial charge in [-0.15, -0.1) is 11.3 Å². The minimum absolute atomic E-state index is 0.0888. The van der Waals surface area contributed by atoms with Crippen molar-refractivity contribution < 1.29 is 19.2 Å². The predicted molar refractivity (Wildman–Crippen MR) is 124 cm³/mol. The molecule has 2 atom stereocenters. The Hall–Kier alpha value is -3.72. The molecule has 0 radical (unpaired) electrons. The summed E-state index contributed by atoms with van der Waals surface area (Å²) in [6.45, 7) is 2.24. The fourth-order valence-corrected chi connectivity index (χ4v) is 5.71. The molecule has 3 aromatic rings. The van der Waals surface area contributed by atoms with Gasteiger partial charge in [0, 0.05) is 17.0 Å². The van der Waals surface area contributed by atoms with E-state index >= 15 is 0 Å². The summed E-state index contributed by atoms with van der Waals surface area (Å²) >= 11 is 1.65. The van der Waals surface area contributed by atoms with E-state index in [1.54, 1.807) is 29.5 Å². The Morgan fingerprint density at radius 2 is 1.97 bits per heavy atom. The van der Waals surface area contributed by atoms with E-state index in [0.717, 1.165) is 35.4 Å². The lowest BCUT2D eigenvalue weighted by atomic mass is 9.88. The fourth-order valence-electron chi connectivity index (χ4n) is 4.27. The zero-order chi connectivity index (χ0) is 23.1. The first-order valence-corrected chi connectivity index (χ1v) is 11.5. The second-order valence-corrected chi connectivity index (χ2v) is 9.48. The van der Waals surface area contributed by atoms with Crippen LogP contribution in [-0.2, 0) is 12.8 Å². The van der Waals surface area contributed by atoms with E-state index in [1.807, 2.05) is 6.07 Å². The molecule has 1 amide bonds. The van der Waals surface area contributed by atoms with Crippen LogP contribution in [0.5, 0.6) is 5.75 Å². The third kappa shape index (κ3) is 4.07. The van der Waals surface area contributed by atoms with Crippen molar-refractivity contribution in [2.45, 2.75) is 32.4 Å². The third-order valence-corrected chi connectivity index (χ3v) is 7.19. The van der Waals surface area contributed by atoms with Gasteiger partial charge in [0.25, 0.3) is 11.6 Å². The SMILES string of the molecule is CC1CCc2c(sc3c2C(=O)NC(c2cccc(OC(=O)c4ccc([N+](=O)[O-])cc4)c2)N3)C1. The number of hydrogen-bond donors (Lipinski definition) is 2. The highest BCUT2D eigenvalue weighted by Gasteiger charge is 2.33. The molecule has 8 nitrogen and oxygen atoms in total. The van der Waals surface area contributed by atoms with Crippen molar-refractivity contribution in [3.05, 3.63) is 85.8 Å². The van der Waals surface area contributed by atoms with Gasteiger partial charge in [-0.05, 0) is 60.6 Å². The van der Waals surface area contributed by atoms with E-state index < -0.39 is 17.1 Å². The molecule has 0 bridgehead atoms. The molecule has 5 rings (SSSR count). The Bertz CT molecular complexity index is 1270. The monoisotopic (exact) mass is 463 g/mol. The van der Waals surface area contributed by atoms with Gasteiger partial charge in [-0.1, -0.05) is 19.1 Å². The average molecular weight is 464 g/mol. The van der Waals surface area contributed by atoms with Crippen LogP contribution in [0.4, 0.5) is 10.7 Å². The molecule has 0 saturated carbocycles. The summed E-state index contributed by atoms with van der Waals surface area (Å²) < 4.78 is 5.46. The van der Waals surface area contributed by atoms with E-state index in [1.165, 1.54) is 34.7 Å². The van der Waals surface area contributed by atoms with Gasteiger partial charge in [0.05, 0.1) is 16.1 Å². The first-order chi connectivity index (χ1) is 15.9. The highest BCUT2D eigenvalue weighted by Crippen LogP contribution is 2.42. The van der Waals surface area contributed by atoms with Crippen molar-refractivity contribution in [1.29, 1.82) is 0 Å². The number of carbonyl (C=O) groups excluding carboxylic acids is 2. The molecular formula is C24H21N3O5S. The van der Waals surface area contributed by atoms with Gasteiger partial charge < -0.3 is 15.4 Å². The van der Waals surface area contributed by atoms with Crippen LogP contribution in [0.1, 0.15) is 56.2 Å². The molecule has 2 heterocycles. The van der Waals surface area contributed by atoms with Gasteiger partial charge in [0.1, 0.15) is 16.9 Å². The Kier molecular flexibility index (Phi) is 5.33. The zero-order valence-electron chi connectivity index (χ0n) is 17.8. The number of non-ortho nitro benzene ring substituents is 1. The van der Waals surface area contributed by atoms with E-state index in [2.05, 4.69) is 17.6 Å². The highest BCUT2D eigenvalue weighted by molar-refractivity contribution is 7.16. The van der Waals surface area contributed by atoms with Crippen molar-refractivity contribution in [2.75, 3.05) is 5.32 Å². The summed E-state index contributed by atoms with van der Waals surface area (Å²) in [5.74, 6) is 0.231. The first-order valence-electron chi connectivity index (χ1n) is 10.7. The van der Waals surface area contributed by atoms with Gasteiger partial charge >= 0.3 is 5.97 Å². The number of nitrogens with one attached hydrogen (secondary N) is 2. The lowest BCUT2D eigenvalue weighted by Gasteiger charge is -2.27. The molecule has 1 aliphatic carbocycles. The molecule has 1 aliphatic heterocycles. The number of hydrogen-bond acceptors (Lipinski definition) is 7. The summed E-state index contributed by atoms with van der Waals surface area (Å²) in [5, 5.41) is 18.1. The molecule has 2 unspecified atom stereocenters. The number of nitrogens with zero attached hydrogens (tertiary/aromatic N) is 1. The summed E-state index contributed by atoms with van der Waals surface area (Å²) in [6, 6.07) is 12.2. The minimum Gasteiger partial charge on any atom is -0.423 e. The van der Waals surface area contributed by atoms with E-state index in [4.69, 9.17) is 4.74 Å². The number of carbonyl (C=O) groups is 2. The fraction of sp³-hybridized carbons (Fsp3) is 0.250. The number of nitro groups is 1. The van der Waals surface area contributed by atoms with E-state index in [0.29, 0.717) is 11.7 Å². The molecule has 0 spiro atoms. The molecule has 0 fully saturated rings. The Balaban J connectivity index is 1.34. The standard InChI is InChI=1S/C24H21N3O5S/c1-13-5-10-18-19(11-13)33-23-20(18)22(28)25-21(26-23)15-3-2-4-17(12-15)32-24(29)14-6-8-16(9-7-14)27(30)31/h2-4,6-9,12-13,21,26H,5,10-11H2,1H3,(H,25,28). The molecule has 0 saturated heterocycles. The maximum atomic E-state index is 12.9. The number of fused-ring (bicyclic) bond motifs is 3. The van der Waals surface area contributed by atoms with Gasteiger partial charge in [-0.25, -0.2) is 4.79 Å². The van der Waals surface area contributed by atoms with Crippen molar-refractivity contribution >= 4 is 33.9 Å². The van der Waals surface area contributed by atoms with Crippen molar-refractivity contribution in [3.8, 4) is 5.75 Å². The lowest BCUT2D eigenvalue weighted by Crippen LogP contribution is -2.38. The molecule has 33 heavy (non-hydrogen) atoms. The molecule has 2 aromatic carbocycles. The number of thiophene rings is 1. The summed E-state index contributed by atoms with van der Waals surface area (Å²) in [6.07, 6.45) is 2.58. The van der Waals surface area contributed by atoms with Crippen LogP contribution in [0.3, 0.4) is 0 Å². The molecule has 2 aliphatic rings. The van der Waals surface area contributed by atoms with Crippen molar-refractivity contribution in [1.82, 2.24) is 5.32 Å². The van der Waals surface area contributed by atoms with E-state index in [9.17, 15) is 19.7 Å².